The fraction of sp³-hybridized carbons (Fsp3) is 0.615. The van der Waals surface area contributed by atoms with Gasteiger partial charge in [-0.25, -0.2) is 4.98 Å². The highest BCUT2D eigenvalue weighted by atomic mass is 32.2. The summed E-state index contributed by atoms with van der Waals surface area (Å²) in [6.07, 6.45) is 1.95. The maximum atomic E-state index is 5.72. The second-order valence-electron chi connectivity index (χ2n) is 4.22. The summed E-state index contributed by atoms with van der Waals surface area (Å²) in [5.74, 6) is 3.89. The number of hydrogen-bond acceptors (Lipinski definition) is 4. The smallest absolute Gasteiger partial charge is 0.168 e. The summed E-state index contributed by atoms with van der Waals surface area (Å²) in [5, 5.41) is 3.39. The summed E-state index contributed by atoms with van der Waals surface area (Å²) in [7, 11) is 0. The Kier molecular flexibility index (Phi) is 6.19. The van der Waals surface area contributed by atoms with Gasteiger partial charge in [-0.15, -0.1) is 0 Å². The minimum Gasteiger partial charge on any atom is -0.487 e. The maximum Gasteiger partial charge on any atom is 0.168 e. The third-order valence-electron chi connectivity index (χ3n) is 2.09. The lowest BCUT2D eigenvalue weighted by molar-refractivity contribution is 0.243. The van der Waals surface area contributed by atoms with Crippen LogP contribution in [-0.2, 0) is 0 Å². The van der Waals surface area contributed by atoms with E-state index >= 15 is 0 Å². The predicted molar refractivity (Wildman–Crippen MR) is 76.1 cm³/mol. The summed E-state index contributed by atoms with van der Waals surface area (Å²) in [6.45, 7) is 8.38. The Hall–Kier alpha value is -0.900. The molecule has 1 atom stereocenters. The first-order chi connectivity index (χ1) is 8.13. The van der Waals surface area contributed by atoms with Gasteiger partial charge >= 0.3 is 0 Å². The van der Waals surface area contributed by atoms with Crippen LogP contribution in [0.1, 0.15) is 27.7 Å². The maximum absolute atomic E-state index is 5.72. The molecule has 1 aromatic heterocycles. The van der Waals surface area contributed by atoms with Gasteiger partial charge < -0.3 is 10.1 Å². The van der Waals surface area contributed by atoms with Gasteiger partial charge in [-0.05, 0) is 38.7 Å². The van der Waals surface area contributed by atoms with Crippen LogP contribution in [0.25, 0.3) is 0 Å². The number of aromatic nitrogens is 1. The number of pyridine rings is 1. The van der Waals surface area contributed by atoms with Crippen molar-refractivity contribution < 1.29 is 4.74 Å². The zero-order chi connectivity index (χ0) is 12.7. The molecular formula is C13H22N2OS. The SMILES string of the molecule is CCSCC(C)Nc1ncccc1OC(C)C. The van der Waals surface area contributed by atoms with Crippen LogP contribution in [0.5, 0.6) is 5.75 Å². The van der Waals surface area contributed by atoms with E-state index < -0.39 is 0 Å². The molecule has 1 rings (SSSR count). The van der Waals surface area contributed by atoms with Crippen LogP contribution < -0.4 is 10.1 Å². The molecule has 1 N–H and O–H groups in total. The number of rotatable bonds is 7. The molecule has 0 bridgehead atoms. The monoisotopic (exact) mass is 254 g/mol. The molecule has 0 aliphatic rings. The lowest BCUT2D eigenvalue weighted by Gasteiger charge is -2.18. The second-order valence-corrected chi connectivity index (χ2v) is 5.54. The zero-order valence-electron chi connectivity index (χ0n) is 11.1. The number of hydrogen-bond donors (Lipinski definition) is 1. The Morgan fingerprint density at radius 1 is 1.41 bits per heavy atom. The number of nitrogens with one attached hydrogen (secondary N) is 1. The third kappa shape index (κ3) is 5.31. The number of nitrogens with zero attached hydrogens (tertiary/aromatic N) is 1. The molecule has 0 aliphatic carbocycles. The topological polar surface area (TPSA) is 34.2 Å². The van der Waals surface area contributed by atoms with Crippen LogP contribution in [0, 0.1) is 0 Å². The molecule has 17 heavy (non-hydrogen) atoms. The van der Waals surface area contributed by atoms with E-state index in [4.69, 9.17) is 4.74 Å². The first-order valence-electron chi connectivity index (χ1n) is 6.09. The van der Waals surface area contributed by atoms with Gasteiger partial charge in [0, 0.05) is 18.0 Å². The van der Waals surface area contributed by atoms with Crippen LogP contribution in [0.4, 0.5) is 5.82 Å². The third-order valence-corrected chi connectivity index (χ3v) is 3.23. The molecule has 0 aromatic carbocycles. The Morgan fingerprint density at radius 3 is 2.82 bits per heavy atom. The Balaban J connectivity index is 2.62. The minimum atomic E-state index is 0.167. The van der Waals surface area contributed by atoms with Crippen molar-refractivity contribution in [1.82, 2.24) is 4.98 Å². The molecule has 0 spiro atoms. The lowest BCUT2D eigenvalue weighted by Crippen LogP contribution is -2.20. The molecule has 96 valence electrons. The van der Waals surface area contributed by atoms with Gasteiger partial charge in [0.15, 0.2) is 11.6 Å². The highest BCUT2D eigenvalue weighted by Gasteiger charge is 2.09. The molecule has 0 aliphatic heterocycles. The molecule has 0 saturated heterocycles. The normalized spacial score (nSPS) is 12.5. The zero-order valence-corrected chi connectivity index (χ0v) is 11.9. The van der Waals surface area contributed by atoms with Crippen molar-refractivity contribution in [3.63, 3.8) is 0 Å². The summed E-state index contributed by atoms with van der Waals surface area (Å²) >= 11 is 1.92. The van der Waals surface area contributed by atoms with E-state index in [1.165, 1.54) is 0 Å². The predicted octanol–water partition coefficient (Wildman–Crippen LogP) is 3.42. The lowest BCUT2D eigenvalue weighted by atomic mass is 10.3. The van der Waals surface area contributed by atoms with Crippen LogP contribution in [0.3, 0.4) is 0 Å². The molecule has 0 radical (unpaired) electrons. The van der Waals surface area contributed by atoms with Crippen LogP contribution in [0.15, 0.2) is 18.3 Å². The van der Waals surface area contributed by atoms with E-state index in [0.717, 1.165) is 23.1 Å². The number of ether oxygens (including phenoxy) is 1. The van der Waals surface area contributed by atoms with Crippen molar-refractivity contribution in [1.29, 1.82) is 0 Å². The van der Waals surface area contributed by atoms with E-state index in [1.54, 1.807) is 6.20 Å². The molecule has 0 amide bonds. The fourth-order valence-corrected chi connectivity index (χ4v) is 2.09. The highest BCUT2D eigenvalue weighted by molar-refractivity contribution is 7.99. The van der Waals surface area contributed by atoms with Crippen molar-refractivity contribution in [2.24, 2.45) is 0 Å². The molecule has 1 heterocycles. The molecule has 1 unspecified atom stereocenters. The molecule has 4 heteroatoms. The summed E-state index contributed by atoms with van der Waals surface area (Å²) in [4.78, 5) is 4.33. The number of anilines is 1. The second kappa shape index (κ2) is 7.43. The van der Waals surface area contributed by atoms with Gasteiger partial charge in [-0.2, -0.15) is 11.8 Å². The quantitative estimate of drug-likeness (QED) is 0.808. The van der Waals surface area contributed by atoms with Crippen LogP contribution in [0.2, 0.25) is 0 Å². The van der Waals surface area contributed by atoms with E-state index in [-0.39, 0.29) is 6.10 Å². The van der Waals surface area contributed by atoms with Gasteiger partial charge in [-0.1, -0.05) is 6.92 Å². The molecular weight excluding hydrogens is 232 g/mol. The summed E-state index contributed by atoms with van der Waals surface area (Å²) in [6, 6.07) is 4.24. The minimum absolute atomic E-state index is 0.167. The van der Waals surface area contributed by atoms with E-state index in [0.29, 0.717) is 6.04 Å². The highest BCUT2D eigenvalue weighted by Crippen LogP contribution is 2.23. The van der Waals surface area contributed by atoms with Crippen molar-refractivity contribution in [2.75, 3.05) is 16.8 Å². The molecule has 0 fully saturated rings. The first kappa shape index (κ1) is 14.2. The van der Waals surface area contributed by atoms with Crippen molar-refractivity contribution in [3.8, 4) is 5.75 Å². The van der Waals surface area contributed by atoms with E-state index in [9.17, 15) is 0 Å². The average Bonchev–Trinajstić information content (AvgIpc) is 2.28. The van der Waals surface area contributed by atoms with Crippen molar-refractivity contribution >= 4 is 17.6 Å². The average molecular weight is 254 g/mol. The van der Waals surface area contributed by atoms with E-state index in [1.807, 2.05) is 37.7 Å². The first-order valence-corrected chi connectivity index (χ1v) is 7.25. The summed E-state index contributed by atoms with van der Waals surface area (Å²) in [5.41, 5.74) is 0. The van der Waals surface area contributed by atoms with Crippen molar-refractivity contribution in [3.05, 3.63) is 18.3 Å². The van der Waals surface area contributed by atoms with Gasteiger partial charge in [0.05, 0.1) is 6.10 Å². The molecule has 0 saturated carbocycles. The van der Waals surface area contributed by atoms with E-state index in [2.05, 4.69) is 24.1 Å². The van der Waals surface area contributed by atoms with Gasteiger partial charge in [0.2, 0.25) is 0 Å². The Labute approximate surface area is 108 Å². The van der Waals surface area contributed by atoms with Crippen LogP contribution in [-0.4, -0.2) is 28.6 Å². The number of thioether (sulfide) groups is 1. The van der Waals surface area contributed by atoms with Gasteiger partial charge in [0.25, 0.3) is 0 Å². The summed E-state index contributed by atoms with van der Waals surface area (Å²) < 4.78 is 5.72. The fourth-order valence-electron chi connectivity index (χ4n) is 1.42. The van der Waals surface area contributed by atoms with Crippen LogP contribution >= 0.6 is 11.8 Å². The Morgan fingerprint density at radius 2 is 2.18 bits per heavy atom. The standard InChI is InChI=1S/C13H22N2OS/c1-5-17-9-11(4)15-13-12(16-10(2)3)7-6-8-14-13/h6-8,10-11H,5,9H2,1-4H3,(H,14,15). The largest absolute Gasteiger partial charge is 0.487 e. The van der Waals surface area contributed by atoms with Crippen molar-refractivity contribution in [2.45, 2.75) is 39.8 Å². The Bertz CT molecular complexity index is 331. The molecule has 1 aromatic rings. The molecule has 3 nitrogen and oxygen atoms in total. The van der Waals surface area contributed by atoms with Gasteiger partial charge in [-0.3, -0.25) is 0 Å². The van der Waals surface area contributed by atoms with Gasteiger partial charge in [0.1, 0.15) is 0 Å².